The van der Waals surface area contributed by atoms with Gasteiger partial charge >= 0.3 is 12.1 Å². The van der Waals surface area contributed by atoms with Gasteiger partial charge in [-0.2, -0.15) is 13.2 Å². The number of carbonyl (C=O) groups is 2. The zero-order valence-electron chi connectivity index (χ0n) is 21.7. The predicted octanol–water partition coefficient (Wildman–Crippen LogP) is 6.74. The molecule has 0 spiro atoms. The number of hydrogen-bond donors (Lipinski definition) is 0. The summed E-state index contributed by atoms with van der Waals surface area (Å²) >= 11 is 0. The van der Waals surface area contributed by atoms with Crippen LogP contribution >= 0.6 is 0 Å². The highest BCUT2D eigenvalue weighted by molar-refractivity contribution is 6.00. The molecule has 0 aliphatic rings. The molecule has 0 fully saturated rings. The summed E-state index contributed by atoms with van der Waals surface area (Å²) in [6.07, 6.45) is -0.886. The van der Waals surface area contributed by atoms with Crippen LogP contribution in [0.1, 0.15) is 53.1 Å². The number of hydrogen-bond acceptors (Lipinski definition) is 5. The SMILES string of the molecule is CCCOc1ccc(C=CC(=O)OCC(=O)c2cc(C)n(-c3cccc(C(F)(F)F)c3)c2C)cc1OCC. The smallest absolute Gasteiger partial charge is 0.416 e. The number of ketones is 1. The van der Waals surface area contributed by atoms with E-state index in [-0.39, 0.29) is 11.3 Å². The number of benzene rings is 2. The number of ether oxygens (including phenoxy) is 3. The number of aromatic nitrogens is 1. The third-order valence-corrected chi connectivity index (χ3v) is 5.65. The highest BCUT2D eigenvalue weighted by Gasteiger charge is 2.31. The van der Waals surface area contributed by atoms with Crippen LogP contribution in [0, 0.1) is 13.8 Å². The van der Waals surface area contributed by atoms with Gasteiger partial charge in [0.2, 0.25) is 5.78 Å². The van der Waals surface area contributed by atoms with Gasteiger partial charge in [-0.25, -0.2) is 4.79 Å². The lowest BCUT2D eigenvalue weighted by atomic mass is 10.1. The number of nitrogens with zero attached hydrogens (tertiary/aromatic N) is 1. The topological polar surface area (TPSA) is 66.8 Å². The van der Waals surface area contributed by atoms with Crippen molar-refractivity contribution in [1.29, 1.82) is 0 Å². The highest BCUT2D eigenvalue weighted by Crippen LogP contribution is 2.32. The summed E-state index contributed by atoms with van der Waals surface area (Å²) in [4.78, 5) is 25.0. The molecule has 0 N–H and O–H groups in total. The first kappa shape index (κ1) is 28.6. The normalized spacial score (nSPS) is 11.6. The fourth-order valence-electron chi connectivity index (χ4n) is 3.92. The van der Waals surface area contributed by atoms with Crippen LogP contribution in [0.5, 0.6) is 11.5 Å². The highest BCUT2D eigenvalue weighted by atomic mass is 19.4. The largest absolute Gasteiger partial charge is 0.490 e. The number of alkyl halides is 3. The monoisotopic (exact) mass is 529 g/mol. The van der Waals surface area contributed by atoms with Crippen molar-refractivity contribution in [2.24, 2.45) is 0 Å². The summed E-state index contributed by atoms with van der Waals surface area (Å²) < 4.78 is 57.4. The maximum Gasteiger partial charge on any atom is 0.416 e. The van der Waals surface area contributed by atoms with Gasteiger partial charge in [-0.1, -0.05) is 19.1 Å². The number of rotatable bonds is 11. The first-order chi connectivity index (χ1) is 18.0. The molecule has 3 rings (SSSR count). The standard InChI is InChI=1S/C29H30F3NO5/c1-5-14-37-26-12-10-21(16-27(26)36-6-2)11-13-28(35)38-18-25(34)24-15-19(3)33(20(24)4)23-9-7-8-22(17-23)29(30,31)32/h7-13,15-17H,5-6,14,18H2,1-4H3. The van der Waals surface area contributed by atoms with Crippen molar-refractivity contribution in [3.63, 3.8) is 0 Å². The molecular formula is C29H30F3NO5. The van der Waals surface area contributed by atoms with Gasteiger partial charge in [-0.15, -0.1) is 0 Å². The minimum atomic E-state index is -4.49. The van der Waals surface area contributed by atoms with Gasteiger partial charge in [0, 0.05) is 28.7 Å². The Morgan fingerprint density at radius 1 is 0.974 bits per heavy atom. The van der Waals surface area contributed by atoms with Crippen molar-refractivity contribution in [2.75, 3.05) is 19.8 Å². The molecule has 0 amide bonds. The molecule has 9 heteroatoms. The molecule has 1 heterocycles. The Bertz CT molecular complexity index is 1320. The van der Waals surface area contributed by atoms with Gasteiger partial charge in [0.05, 0.1) is 18.8 Å². The van der Waals surface area contributed by atoms with Crippen LogP contribution in [0.25, 0.3) is 11.8 Å². The summed E-state index contributed by atoms with van der Waals surface area (Å²) in [5.74, 6) is -0.00651. The van der Waals surface area contributed by atoms with Crippen LogP contribution in [-0.4, -0.2) is 36.1 Å². The van der Waals surface area contributed by atoms with Gasteiger partial charge in [0.15, 0.2) is 18.1 Å². The van der Waals surface area contributed by atoms with Gasteiger partial charge in [0.1, 0.15) is 0 Å². The third-order valence-electron chi connectivity index (χ3n) is 5.65. The van der Waals surface area contributed by atoms with E-state index in [9.17, 15) is 22.8 Å². The van der Waals surface area contributed by atoms with Gasteiger partial charge in [-0.05, 0) is 75.2 Å². The zero-order valence-corrected chi connectivity index (χ0v) is 21.7. The Labute approximate surface area is 219 Å². The van der Waals surface area contributed by atoms with E-state index in [1.807, 2.05) is 13.8 Å². The molecule has 0 aliphatic heterocycles. The molecule has 6 nitrogen and oxygen atoms in total. The molecular weight excluding hydrogens is 499 g/mol. The van der Waals surface area contributed by atoms with E-state index in [0.717, 1.165) is 18.6 Å². The van der Waals surface area contributed by atoms with Crippen molar-refractivity contribution < 1.29 is 37.0 Å². The molecule has 1 aromatic heterocycles. The van der Waals surface area contributed by atoms with Gasteiger partial charge in [-0.3, -0.25) is 4.79 Å². The molecule has 0 saturated carbocycles. The first-order valence-electron chi connectivity index (χ1n) is 12.2. The van der Waals surface area contributed by atoms with Crippen molar-refractivity contribution in [3.05, 3.63) is 82.7 Å². The van der Waals surface area contributed by atoms with Crippen molar-refractivity contribution in [1.82, 2.24) is 4.57 Å². The molecule has 0 radical (unpaired) electrons. The lowest BCUT2D eigenvalue weighted by Crippen LogP contribution is -2.13. The second-order valence-electron chi connectivity index (χ2n) is 8.52. The average Bonchev–Trinajstić information content (AvgIpc) is 3.18. The van der Waals surface area contributed by atoms with Crippen LogP contribution in [0.2, 0.25) is 0 Å². The Balaban J connectivity index is 1.68. The molecule has 0 unspecified atom stereocenters. The van der Waals surface area contributed by atoms with Gasteiger partial charge < -0.3 is 18.8 Å². The fraction of sp³-hybridized carbons (Fsp3) is 0.310. The molecule has 0 atom stereocenters. The van der Waals surface area contributed by atoms with E-state index in [1.165, 1.54) is 18.2 Å². The second-order valence-corrected chi connectivity index (χ2v) is 8.52. The molecule has 2 aromatic carbocycles. The predicted molar refractivity (Wildman–Crippen MR) is 138 cm³/mol. The molecule has 202 valence electrons. The number of esters is 1. The number of carbonyl (C=O) groups excluding carboxylic acids is 2. The Hall–Kier alpha value is -4.01. The number of halogens is 3. The maximum absolute atomic E-state index is 13.2. The van der Waals surface area contributed by atoms with Crippen LogP contribution in [0.15, 0.2) is 54.6 Å². The van der Waals surface area contributed by atoms with E-state index in [4.69, 9.17) is 14.2 Å². The van der Waals surface area contributed by atoms with Crippen molar-refractivity contribution in [2.45, 2.75) is 40.3 Å². The molecule has 38 heavy (non-hydrogen) atoms. The summed E-state index contributed by atoms with van der Waals surface area (Å²) in [5, 5.41) is 0. The summed E-state index contributed by atoms with van der Waals surface area (Å²) in [6.45, 7) is 7.68. The van der Waals surface area contributed by atoms with E-state index < -0.39 is 30.1 Å². The van der Waals surface area contributed by atoms with Crippen LogP contribution < -0.4 is 9.47 Å². The van der Waals surface area contributed by atoms with Crippen molar-refractivity contribution >= 4 is 17.8 Å². The fourth-order valence-corrected chi connectivity index (χ4v) is 3.92. The third kappa shape index (κ3) is 7.06. The Morgan fingerprint density at radius 2 is 1.74 bits per heavy atom. The van der Waals surface area contributed by atoms with Crippen LogP contribution in [-0.2, 0) is 15.7 Å². The lowest BCUT2D eigenvalue weighted by Gasteiger charge is -2.13. The lowest BCUT2D eigenvalue weighted by molar-refractivity contribution is -0.138. The maximum atomic E-state index is 13.2. The van der Waals surface area contributed by atoms with E-state index >= 15 is 0 Å². The minimum Gasteiger partial charge on any atom is -0.490 e. The molecule has 0 saturated heterocycles. The van der Waals surface area contributed by atoms with E-state index in [2.05, 4.69) is 0 Å². The summed E-state index contributed by atoms with van der Waals surface area (Å²) in [6, 6.07) is 11.7. The number of aryl methyl sites for hydroxylation is 1. The first-order valence-corrected chi connectivity index (χ1v) is 12.2. The second kappa shape index (κ2) is 12.5. The van der Waals surface area contributed by atoms with Crippen LogP contribution in [0.4, 0.5) is 13.2 Å². The number of Topliss-reactive ketones (excluding diaryl/α,β-unsaturated/α-hetero) is 1. The average molecular weight is 530 g/mol. The van der Waals surface area contributed by atoms with Crippen LogP contribution in [0.3, 0.4) is 0 Å². The Morgan fingerprint density at radius 3 is 2.42 bits per heavy atom. The van der Waals surface area contributed by atoms with E-state index in [0.29, 0.717) is 41.7 Å². The van der Waals surface area contributed by atoms with Gasteiger partial charge in [0.25, 0.3) is 0 Å². The molecule has 0 aliphatic carbocycles. The molecule has 0 bridgehead atoms. The van der Waals surface area contributed by atoms with E-state index in [1.54, 1.807) is 48.8 Å². The quantitative estimate of drug-likeness (QED) is 0.156. The summed E-state index contributed by atoms with van der Waals surface area (Å²) in [5.41, 5.74) is 1.48. The minimum absolute atomic E-state index is 0.265. The Kier molecular flexibility index (Phi) is 9.39. The zero-order chi connectivity index (χ0) is 27.9. The molecule has 3 aromatic rings. The van der Waals surface area contributed by atoms with Crippen molar-refractivity contribution in [3.8, 4) is 17.2 Å². The summed E-state index contributed by atoms with van der Waals surface area (Å²) in [7, 11) is 0.